The molecule has 0 spiro atoms. The quantitative estimate of drug-likeness (QED) is 0.698. The Kier molecular flexibility index (Phi) is 8.12. The summed E-state index contributed by atoms with van der Waals surface area (Å²) in [5.74, 6) is 0.825. The summed E-state index contributed by atoms with van der Waals surface area (Å²) in [6.07, 6.45) is 1.77. The molecule has 0 heterocycles. The molecule has 0 aliphatic carbocycles. The second-order valence-electron chi connectivity index (χ2n) is 5.63. The van der Waals surface area contributed by atoms with Crippen molar-refractivity contribution in [2.24, 2.45) is 11.8 Å². The Morgan fingerprint density at radius 2 is 2.10 bits per heavy atom. The first-order valence-electron chi connectivity index (χ1n) is 7.16. The highest BCUT2D eigenvalue weighted by Crippen LogP contribution is 2.21. The third-order valence-electron chi connectivity index (χ3n) is 3.24. The van der Waals surface area contributed by atoms with Crippen molar-refractivity contribution < 1.29 is 9.13 Å². The Hall–Kier alpha value is -0.640. The number of halogens is 2. The fourth-order valence-electron chi connectivity index (χ4n) is 2.40. The van der Waals surface area contributed by atoms with Crippen LogP contribution in [0.4, 0.5) is 4.39 Å². The van der Waals surface area contributed by atoms with E-state index in [1.54, 1.807) is 19.2 Å². The third-order valence-corrected chi connectivity index (χ3v) is 3.47. The van der Waals surface area contributed by atoms with Crippen LogP contribution in [0.3, 0.4) is 0 Å². The Bertz CT molecular complexity index is 398. The lowest BCUT2D eigenvalue weighted by atomic mass is 9.90. The maximum Gasteiger partial charge on any atom is 0.126 e. The van der Waals surface area contributed by atoms with Crippen LogP contribution in [0, 0.1) is 17.7 Å². The normalized spacial score (nSPS) is 12.9. The fourth-order valence-corrected chi connectivity index (χ4v) is 2.59. The van der Waals surface area contributed by atoms with Gasteiger partial charge in [0.15, 0.2) is 0 Å². The van der Waals surface area contributed by atoms with Crippen molar-refractivity contribution in [3.63, 3.8) is 0 Å². The first-order valence-corrected chi connectivity index (χ1v) is 7.54. The van der Waals surface area contributed by atoms with Gasteiger partial charge in [0, 0.05) is 18.7 Å². The predicted octanol–water partition coefficient (Wildman–Crippen LogP) is 3.92. The Morgan fingerprint density at radius 3 is 2.75 bits per heavy atom. The van der Waals surface area contributed by atoms with E-state index in [9.17, 15) is 4.39 Å². The molecule has 1 atom stereocenters. The van der Waals surface area contributed by atoms with E-state index < -0.39 is 0 Å². The Balaban J connectivity index is 2.60. The molecule has 1 rings (SSSR count). The molecule has 0 fully saturated rings. The number of hydrogen-bond donors (Lipinski definition) is 1. The van der Waals surface area contributed by atoms with Crippen LogP contribution < -0.4 is 5.32 Å². The van der Waals surface area contributed by atoms with Gasteiger partial charge in [-0.25, -0.2) is 4.39 Å². The van der Waals surface area contributed by atoms with Crippen molar-refractivity contribution in [3.05, 3.63) is 34.6 Å². The molecule has 4 heteroatoms. The van der Waals surface area contributed by atoms with Gasteiger partial charge in [0.1, 0.15) is 5.82 Å². The molecule has 1 unspecified atom stereocenters. The first-order chi connectivity index (χ1) is 9.52. The summed E-state index contributed by atoms with van der Waals surface area (Å²) in [6.45, 7) is 6.77. The molecule has 0 aliphatic heterocycles. The molecule has 0 aliphatic rings. The number of methoxy groups -OCH3 is 1. The first kappa shape index (κ1) is 17.4. The van der Waals surface area contributed by atoms with Crippen LogP contribution in [0.2, 0.25) is 5.02 Å². The van der Waals surface area contributed by atoms with E-state index in [1.807, 2.05) is 0 Å². The highest BCUT2D eigenvalue weighted by Gasteiger charge is 2.14. The molecule has 0 saturated heterocycles. The molecule has 1 aromatic rings. The largest absolute Gasteiger partial charge is 0.383 e. The molecular formula is C16H25ClFNO. The van der Waals surface area contributed by atoms with Crippen molar-refractivity contribution in [3.8, 4) is 0 Å². The zero-order chi connectivity index (χ0) is 15.0. The molecule has 114 valence electrons. The van der Waals surface area contributed by atoms with Gasteiger partial charge in [-0.3, -0.25) is 0 Å². The fraction of sp³-hybridized carbons (Fsp3) is 0.625. The lowest BCUT2D eigenvalue weighted by Crippen LogP contribution is -2.28. The van der Waals surface area contributed by atoms with Gasteiger partial charge in [0.25, 0.3) is 0 Å². The molecular weight excluding hydrogens is 277 g/mol. The van der Waals surface area contributed by atoms with E-state index in [2.05, 4.69) is 19.2 Å². The Morgan fingerprint density at radius 1 is 1.35 bits per heavy atom. The van der Waals surface area contributed by atoms with Gasteiger partial charge in [0.2, 0.25) is 0 Å². The average Bonchev–Trinajstić information content (AvgIpc) is 2.38. The van der Waals surface area contributed by atoms with E-state index >= 15 is 0 Å². The molecule has 0 bridgehead atoms. The van der Waals surface area contributed by atoms with Gasteiger partial charge in [-0.15, -0.1) is 0 Å². The van der Waals surface area contributed by atoms with Crippen LogP contribution >= 0.6 is 11.6 Å². The summed E-state index contributed by atoms with van der Waals surface area (Å²) in [5, 5.41) is 3.96. The van der Waals surface area contributed by atoms with Gasteiger partial charge < -0.3 is 10.1 Å². The second-order valence-corrected chi connectivity index (χ2v) is 6.07. The standard InChI is InChI=1S/C16H25ClFNO/c1-12(2)8-13(11-19-6-7-20-3)9-14-10-15(17)4-5-16(14)18/h4-5,10,12-13,19H,6-9,11H2,1-3H3. The molecule has 0 radical (unpaired) electrons. The van der Waals surface area contributed by atoms with E-state index in [0.717, 1.165) is 19.5 Å². The van der Waals surface area contributed by atoms with Crippen LogP contribution in [0.15, 0.2) is 18.2 Å². The highest BCUT2D eigenvalue weighted by molar-refractivity contribution is 6.30. The monoisotopic (exact) mass is 301 g/mol. The predicted molar refractivity (Wildman–Crippen MR) is 82.8 cm³/mol. The van der Waals surface area contributed by atoms with Crippen molar-refractivity contribution in [1.82, 2.24) is 5.32 Å². The van der Waals surface area contributed by atoms with Gasteiger partial charge in [-0.2, -0.15) is 0 Å². The lowest BCUT2D eigenvalue weighted by molar-refractivity contribution is 0.197. The zero-order valence-corrected chi connectivity index (χ0v) is 13.3. The maximum atomic E-state index is 13.8. The van der Waals surface area contributed by atoms with Gasteiger partial charge in [-0.05, 0) is 55.0 Å². The summed E-state index contributed by atoms with van der Waals surface area (Å²) in [5.41, 5.74) is 0.705. The minimum absolute atomic E-state index is 0.167. The van der Waals surface area contributed by atoms with Gasteiger partial charge in [-0.1, -0.05) is 25.4 Å². The molecule has 1 aromatic carbocycles. The van der Waals surface area contributed by atoms with Crippen molar-refractivity contribution in [2.45, 2.75) is 26.7 Å². The third kappa shape index (κ3) is 6.69. The lowest BCUT2D eigenvalue weighted by Gasteiger charge is -2.20. The molecule has 20 heavy (non-hydrogen) atoms. The van der Waals surface area contributed by atoms with E-state index in [0.29, 0.717) is 35.4 Å². The van der Waals surface area contributed by atoms with Crippen LogP contribution in [0.5, 0.6) is 0 Å². The van der Waals surface area contributed by atoms with E-state index in [4.69, 9.17) is 16.3 Å². The van der Waals surface area contributed by atoms with Crippen LogP contribution in [0.1, 0.15) is 25.8 Å². The summed E-state index contributed by atoms with van der Waals surface area (Å²) < 4.78 is 18.8. The van der Waals surface area contributed by atoms with E-state index in [-0.39, 0.29) is 5.82 Å². The smallest absolute Gasteiger partial charge is 0.126 e. The van der Waals surface area contributed by atoms with Crippen LogP contribution in [-0.2, 0) is 11.2 Å². The highest BCUT2D eigenvalue weighted by atomic mass is 35.5. The number of hydrogen-bond acceptors (Lipinski definition) is 2. The summed E-state index contributed by atoms with van der Waals surface area (Å²) in [4.78, 5) is 0. The maximum absolute atomic E-state index is 13.8. The summed E-state index contributed by atoms with van der Waals surface area (Å²) in [7, 11) is 1.69. The number of ether oxygens (including phenoxy) is 1. The number of rotatable bonds is 9. The molecule has 0 saturated carbocycles. The van der Waals surface area contributed by atoms with Crippen molar-refractivity contribution >= 4 is 11.6 Å². The second kappa shape index (κ2) is 9.32. The Labute approximate surface area is 126 Å². The van der Waals surface area contributed by atoms with Crippen LogP contribution in [0.25, 0.3) is 0 Å². The van der Waals surface area contributed by atoms with Crippen molar-refractivity contribution in [1.29, 1.82) is 0 Å². The zero-order valence-electron chi connectivity index (χ0n) is 12.6. The van der Waals surface area contributed by atoms with Gasteiger partial charge in [0.05, 0.1) is 6.61 Å². The summed E-state index contributed by atoms with van der Waals surface area (Å²) in [6, 6.07) is 4.77. The minimum Gasteiger partial charge on any atom is -0.383 e. The molecule has 0 amide bonds. The minimum atomic E-state index is -0.167. The van der Waals surface area contributed by atoms with E-state index in [1.165, 1.54) is 6.07 Å². The molecule has 0 aromatic heterocycles. The number of benzene rings is 1. The molecule has 2 nitrogen and oxygen atoms in total. The van der Waals surface area contributed by atoms with Crippen LogP contribution in [-0.4, -0.2) is 26.8 Å². The average molecular weight is 302 g/mol. The molecule has 1 N–H and O–H groups in total. The van der Waals surface area contributed by atoms with Crippen molar-refractivity contribution in [2.75, 3.05) is 26.8 Å². The summed E-state index contributed by atoms with van der Waals surface area (Å²) >= 11 is 5.95. The number of nitrogens with one attached hydrogen (secondary N) is 1. The SMILES string of the molecule is COCCNCC(Cc1cc(Cl)ccc1F)CC(C)C. The van der Waals surface area contributed by atoms with Gasteiger partial charge >= 0.3 is 0 Å². The topological polar surface area (TPSA) is 21.3 Å².